The molecule has 0 aromatic heterocycles. The summed E-state index contributed by atoms with van der Waals surface area (Å²) in [6, 6.07) is 20.6. The molecule has 2 N–H and O–H groups in total. The van der Waals surface area contributed by atoms with Crippen molar-refractivity contribution < 1.29 is 14.3 Å². The van der Waals surface area contributed by atoms with Gasteiger partial charge in [0.1, 0.15) is 5.75 Å². The molecule has 2 amide bonds. The molecule has 0 aliphatic carbocycles. The SMILES string of the molecule is COc1ccc2c(c1)C(CC(=O)NC(C)C(Cc1ccc(Cl)cc1)c1ccc(Cl)cc1)C(=O)N2. The maximum Gasteiger partial charge on any atom is 0.232 e. The van der Waals surface area contributed by atoms with E-state index in [0.717, 1.165) is 22.4 Å². The van der Waals surface area contributed by atoms with E-state index in [4.69, 9.17) is 27.9 Å². The molecule has 4 rings (SSSR count). The first-order valence-corrected chi connectivity index (χ1v) is 11.9. The number of fused-ring (bicyclic) bond motifs is 1. The second-order valence-corrected chi connectivity index (χ2v) is 9.42. The van der Waals surface area contributed by atoms with Crippen LogP contribution in [-0.4, -0.2) is 25.0 Å². The normalized spacial score (nSPS) is 16.4. The molecule has 7 heteroatoms. The van der Waals surface area contributed by atoms with Gasteiger partial charge in [0.15, 0.2) is 0 Å². The molecule has 176 valence electrons. The summed E-state index contributed by atoms with van der Waals surface area (Å²) in [5.74, 6) is -0.255. The van der Waals surface area contributed by atoms with Crippen molar-refractivity contribution in [3.8, 4) is 5.75 Å². The Bertz CT molecular complexity index is 1180. The number of amides is 2. The number of anilines is 1. The molecular formula is C27H26Cl2N2O3. The zero-order chi connectivity index (χ0) is 24.2. The molecule has 0 radical (unpaired) electrons. The van der Waals surface area contributed by atoms with Gasteiger partial charge in [0.25, 0.3) is 0 Å². The van der Waals surface area contributed by atoms with Crippen LogP contribution in [0.15, 0.2) is 66.7 Å². The first kappa shape index (κ1) is 24.1. The molecule has 0 saturated carbocycles. The highest BCUT2D eigenvalue weighted by Gasteiger charge is 2.33. The third-order valence-electron chi connectivity index (χ3n) is 6.26. The average Bonchev–Trinajstić information content (AvgIpc) is 3.13. The number of hydrogen-bond acceptors (Lipinski definition) is 3. The minimum absolute atomic E-state index is 0.00665. The van der Waals surface area contributed by atoms with Crippen molar-refractivity contribution in [1.82, 2.24) is 5.32 Å². The van der Waals surface area contributed by atoms with E-state index in [9.17, 15) is 9.59 Å². The molecule has 3 aromatic rings. The summed E-state index contributed by atoms with van der Waals surface area (Å²) in [4.78, 5) is 25.6. The Morgan fingerprint density at radius 1 is 1.03 bits per heavy atom. The topological polar surface area (TPSA) is 67.4 Å². The number of benzene rings is 3. The summed E-state index contributed by atoms with van der Waals surface area (Å²) >= 11 is 12.1. The van der Waals surface area contributed by atoms with E-state index in [1.165, 1.54) is 0 Å². The van der Waals surface area contributed by atoms with Crippen molar-refractivity contribution in [3.63, 3.8) is 0 Å². The molecule has 0 fully saturated rings. The quantitative estimate of drug-likeness (QED) is 0.404. The van der Waals surface area contributed by atoms with Gasteiger partial charge in [0, 0.05) is 34.1 Å². The average molecular weight is 497 g/mol. The predicted molar refractivity (Wildman–Crippen MR) is 136 cm³/mol. The van der Waals surface area contributed by atoms with Crippen LogP contribution in [0.1, 0.15) is 41.9 Å². The van der Waals surface area contributed by atoms with Gasteiger partial charge in [0.2, 0.25) is 11.8 Å². The molecule has 3 unspecified atom stereocenters. The van der Waals surface area contributed by atoms with Crippen molar-refractivity contribution in [3.05, 3.63) is 93.5 Å². The lowest BCUT2D eigenvalue weighted by Crippen LogP contribution is -2.39. The fourth-order valence-electron chi connectivity index (χ4n) is 4.40. The standard InChI is InChI=1S/C27H26Cl2N2O3/c1-16(22(18-5-9-20(29)10-6-18)13-17-3-7-19(28)8-4-17)30-26(32)15-24-23-14-21(34-2)11-12-25(23)31-27(24)33/h3-12,14,16,22,24H,13,15H2,1-2H3,(H,30,32)(H,31,33). The number of hydrogen-bond donors (Lipinski definition) is 2. The zero-order valence-corrected chi connectivity index (χ0v) is 20.5. The van der Waals surface area contributed by atoms with Gasteiger partial charge < -0.3 is 15.4 Å². The second-order valence-electron chi connectivity index (χ2n) is 8.54. The van der Waals surface area contributed by atoms with Gasteiger partial charge in [-0.2, -0.15) is 0 Å². The van der Waals surface area contributed by atoms with E-state index in [0.29, 0.717) is 22.2 Å². The van der Waals surface area contributed by atoms with Crippen molar-refractivity contribution in [2.45, 2.75) is 37.6 Å². The van der Waals surface area contributed by atoms with Crippen LogP contribution < -0.4 is 15.4 Å². The Hall–Kier alpha value is -3.02. The Balaban J connectivity index is 1.50. The molecule has 3 atom stereocenters. The first-order chi connectivity index (χ1) is 16.3. The molecule has 1 aliphatic heterocycles. The summed E-state index contributed by atoms with van der Waals surface area (Å²) in [5.41, 5.74) is 3.68. The van der Waals surface area contributed by atoms with Crippen LogP contribution in [-0.2, 0) is 16.0 Å². The predicted octanol–water partition coefficient (Wildman–Crippen LogP) is 5.96. The van der Waals surface area contributed by atoms with Crippen molar-refractivity contribution >= 4 is 40.7 Å². The number of carbonyl (C=O) groups is 2. The zero-order valence-electron chi connectivity index (χ0n) is 19.0. The number of carbonyl (C=O) groups excluding carboxylic acids is 2. The summed E-state index contributed by atoms with van der Waals surface area (Å²) in [5, 5.41) is 7.31. The monoisotopic (exact) mass is 496 g/mol. The van der Waals surface area contributed by atoms with Gasteiger partial charge in [-0.15, -0.1) is 0 Å². The first-order valence-electron chi connectivity index (χ1n) is 11.1. The van der Waals surface area contributed by atoms with Crippen LogP contribution in [0.3, 0.4) is 0 Å². The van der Waals surface area contributed by atoms with Gasteiger partial charge in [-0.05, 0) is 72.5 Å². The van der Waals surface area contributed by atoms with Crippen molar-refractivity contribution in [2.24, 2.45) is 0 Å². The molecule has 1 heterocycles. The molecule has 34 heavy (non-hydrogen) atoms. The van der Waals surface area contributed by atoms with Gasteiger partial charge in [-0.25, -0.2) is 0 Å². The van der Waals surface area contributed by atoms with Crippen molar-refractivity contribution in [1.29, 1.82) is 0 Å². The van der Waals surface area contributed by atoms with E-state index >= 15 is 0 Å². The van der Waals surface area contributed by atoms with Crippen LogP contribution in [0.5, 0.6) is 5.75 Å². The molecule has 5 nitrogen and oxygen atoms in total. The number of methoxy groups -OCH3 is 1. The molecule has 3 aromatic carbocycles. The fourth-order valence-corrected chi connectivity index (χ4v) is 4.65. The van der Waals surface area contributed by atoms with Crippen LogP contribution in [0, 0.1) is 0 Å². The van der Waals surface area contributed by atoms with Gasteiger partial charge in [-0.1, -0.05) is 47.5 Å². The lowest BCUT2D eigenvalue weighted by molar-refractivity contribution is -0.125. The van der Waals surface area contributed by atoms with Gasteiger partial charge in [0.05, 0.1) is 13.0 Å². The van der Waals surface area contributed by atoms with E-state index < -0.39 is 5.92 Å². The van der Waals surface area contributed by atoms with Crippen LogP contribution >= 0.6 is 23.2 Å². The van der Waals surface area contributed by atoms with Gasteiger partial charge >= 0.3 is 0 Å². The Morgan fingerprint density at radius 3 is 2.32 bits per heavy atom. The van der Waals surface area contributed by atoms with Crippen LogP contribution in [0.4, 0.5) is 5.69 Å². The molecule has 0 bridgehead atoms. The lowest BCUT2D eigenvalue weighted by atomic mass is 9.86. The molecule has 0 spiro atoms. The summed E-state index contributed by atoms with van der Waals surface area (Å²) in [6.07, 6.45) is 0.773. The minimum atomic E-state index is -0.553. The third kappa shape index (κ3) is 5.54. The lowest BCUT2D eigenvalue weighted by Gasteiger charge is -2.26. The molecular weight excluding hydrogens is 471 g/mol. The summed E-state index contributed by atoms with van der Waals surface area (Å²) in [7, 11) is 1.58. The van der Waals surface area contributed by atoms with E-state index in [1.54, 1.807) is 19.2 Å². The molecule has 1 aliphatic rings. The number of rotatable bonds is 8. The number of halogens is 2. The smallest absolute Gasteiger partial charge is 0.232 e. The highest BCUT2D eigenvalue weighted by molar-refractivity contribution is 6.30. The second kappa shape index (κ2) is 10.5. The van der Waals surface area contributed by atoms with Crippen LogP contribution in [0.25, 0.3) is 0 Å². The van der Waals surface area contributed by atoms with E-state index in [-0.39, 0.29) is 30.2 Å². The molecule has 0 saturated heterocycles. The van der Waals surface area contributed by atoms with Gasteiger partial charge in [-0.3, -0.25) is 9.59 Å². The Labute approximate surface area is 209 Å². The number of ether oxygens (including phenoxy) is 1. The Morgan fingerprint density at radius 2 is 1.68 bits per heavy atom. The largest absolute Gasteiger partial charge is 0.497 e. The highest BCUT2D eigenvalue weighted by Crippen LogP contribution is 2.37. The summed E-state index contributed by atoms with van der Waals surface area (Å²) < 4.78 is 5.29. The Kier molecular flexibility index (Phi) is 7.44. The van der Waals surface area contributed by atoms with E-state index in [1.807, 2.05) is 61.5 Å². The fraction of sp³-hybridized carbons (Fsp3) is 0.259. The minimum Gasteiger partial charge on any atom is -0.497 e. The van der Waals surface area contributed by atoms with E-state index in [2.05, 4.69) is 10.6 Å². The third-order valence-corrected chi connectivity index (χ3v) is 6.76. The summed E-state index contributed by atoms with van der Waals surface area (Å²) in [6.45, 7) is 1.98. The maximum atomic E-state index is 13.0. The highest BCUT2D eigenvalue weighted by atomic mass is 35.5. The number of nitrogens with one attached hydrogen (secondary N) is 2. The van der Waals surface area contributed by atoms with Crippen molar-refractivity contribution in [2.75, 3.05) is 12.4 Å². The maximum absolute atomic E-state index is 13.0. The van der Waals surface area contributed by atoms with Crippen LogP contribution in [0.2, 0.25) is 10.0 Å².